The molecule has 9 nitrogen and oxygen atoms in total. The molecule has 10 heteroatoms. The molecular formula is C12H11N3O6S. The highest BCUT2D eigenvalue weighted by Crippen LogP contribution is 2.35. The van der Waals surface area contributed by atoms with Crippen LogP contribution in [0.15, 0.2) is 21.8 Å². The highest BCUT2D eigenvalue weighted by atomic mass is 32.2. The van der Waals surface area contributed by atoms with Gasteiger partial charge in [-0.3, -0.25) is 24.4 Å². The molecule has 0 unspecified atom stereocenters. The van der Waals surface area contributed by atoms with Gasteiger partial charge < -0.3 is 4.98 Å². The second-order valence-electron chi connectivity index (χ2n) is 5.18. The number of aromatic amines is 1. The molecule has 0 fully saturated rings. The number of benzene rings is 1. The van der Waals surface area contributed by atoms with E-state index in [1.54, 1.807) is 7.05 Å². The molecule has 1 aliphatic heterocycles. The third-order valence-corrected chi connectivity index (χ3v) is 4.51. The molecule has 1 aliphatic rings. The number of nitrogens with one attached hydrogen (secondary N) is 1. The number of aromatic nitrogens is 1. The summed E-state index contributed by atoms with van der Waals surface area (Å²) in [7, 11) is -2.90. The number of pyridine rings is 1. The molecule has 2 N–H and O–H groups in total. The van der Waals surface area contributed by atoms with E-state index in [2.05, 4.69) is 4.98 Å². The highest BCUT2D eigenvalue weighted by molar-refractivity contribution is 7.85. The van der Waals surface area contributed by atoms with Crippen LogP contribution in [0, 0.1) is 10.1 Å². The number of nitro groups is 1. The third-order valence-electron chi connectivity index (χ3n) is 3.65. The van der Waals surface area contributed by atoms with E-state index in [-0.39, 0.29) is 11.2 Å². The van der Waals surface area contributed by atoms with Gasteiger partial charge in [-0.1, -0.05) is 0 Å². The van der Waals surface area contributed by atoms with E-state index in [4.69, 9.17) is 4.55 Å². The van der Waals surface area contributed by atoms with Crippen molar-refractivity contribution < 1.29 is 17.9 Å². The van der Waals surface area contributed by atoms with Gasteiger partial charge in [-0.2, -0.15) is 8.42 Å². The smallest absolute Gasteiger partial charge is 0.300 e. The molecule has 22 heavy (non-hydrogen) atoms. The Morgan fingerprint density at radius 3 is 2.55 bits per heavy atom. The summed E-state index contributed by atoms with van der Waals surface area (Å²) < 4.78 is 31.6. The lowest BCUT2D eigenvalue weighted by Crippen LogP contribution is -2.17. The summed E-state index contributed by atoms with van der Waals surface area (Å²) >= 11 is 0. The SMILES string of the molecule is CN1Cc2c([N+](=O)[O-])cc3[nH]c(=O)c(S(=O)(=O)O)cc3c2C1. The molecule has 0 aliphatic carbocycles. The summed E-state index contributed by atoms with van der Waals surface area (Å²) in [4.78, 5) is 25.7. The van der Waals surface area contributed by atoms with E-state index in [0.29, 0.717) is 29.6 Å². The maximum Gasteiger partial charge on any atom is 0.300 e. The zero-order chi connectivity index (χ0) is 16.2. The van der Waals surface area contributed by atoms with E-state index < -0.39 is 25.5 Å². The summed E-state index contributed by atoms with van der Waals surface area (Å²) in [5.74, 6) is 0. The topological polar surface area (TPSA) is 134 Å². The largest absolute Gasteiger partial charge is 0.320 e. The number of fused-ring (bicyclic) bond motifs is 3. The average molecular weight is 325 g/mol. The van der Waals surface area contributed by atoms with Gasteiger partial charge in [-0.15, -0.1) is 0 Å². The van der Waals surface area contributed by atoms with Crippen LogP contribution in [0.5, 0.6) is 0 Å². The van der Waals surface area contributed by atoms with Gasteiger partial charge in [0.05, 0.1) is 10.4 Å². The second-order valence-corrected chi connectivity index (χ2v) is 6.57. The molecule has 2 aromatic rings. The van der Waals surface area contributed by atoms with Crippen LogP contribution >= 0.6 is 0 Å². The lowest BCUT2D eigenvalue weighted by molar-refractivity contribution is -0.385. The lowest BCUT2D eigenvalue weighted by atomic mass is 10.0. The monoisotopic (exact) mass is 325 g/mol. The molecule has 0 bridgehead atoms. The van der Waals surface area contributed by atoms with E-state index in [1.165, 1.54) is 6.07 Å². The molecule has 0 atom stereocenters. The Balaban J connectivity index is 2.45. The first-order chi connectivity index (χ1) is 10.2. The fourth-order valence-electron chi connectivity index (χ4n) is 2.74. The Kier molecular flexibility index (Phi) is 3.06. The van der Waals surface area contributed by atoms with Gasteiger partial charge in [0.2, 0.25) is 0 Å². The Morgan fingerprint density at radius 1 is 1.32 bits per heavy atom. The Labute approximate surface area is 124 Å². The summed E-state index contributed by atoms with van der Waals surface area (Å²) in [6.45, 7) is 0.729. The molecule has 116 valence electrons. The molecule has 0 saturated heterocycles. The van der Waals surface area contributed by atoms with Crippen LogP contribution in [-0.2, 0) is 23.2 Å². The standard InChI is InChI=1S/C12H11N3O6S/c1-14-4-7-6-2-11(22(19,20)21)12(16)13-9(6)3-10(15(17)18)8(7)5-14/h2-3H,4-5H2,1H3,(H,13,16)(H,19,20,21). The van der Waals surface area contributed by atoms with Crippen molar-refractivity contribution in [3.63, 3.8) is 0 Å². The molecule has 3 rings (SSSR count). The Bertz CT molecular complexity index is 978. The van der Waals surface area contributed by atoms with Crippen LogP contribution in [0.1, 0.15) is 11.1 Å². The van der Waals surface area contributed by atoms with Gasteiger partial charge >= 0.3 is 0 Å². The van der Waals surface area contributed by atoms with Gasteiger partial charge in [0.15, 0.2) is 4.90 Å². The van der Waals surface area contributed by atoms with Crippen molar-refractivity contribution in [2.45, 2.75) is 18.0 Å². The van der Waals surface area contributed by atoms with Crippen molar-refractivity contribution in [2.24, 2.45) is 0 Å². The molecule has 2 heterocycles. The van der Waals surface area contributed by atoms with Crippen molar-refractivity contribution in [1.82, 2.24) is 9.88 Å². The summed E-state index contributed by atoms with van der Waals surface area (Å²) in [6, 6.07) is 2.27. The van der Waals surface area contributed by atoms with E-state index >= 15 is 0 Å². The lowest BCUT2D eigenvalue weighted by Gasteiger charge is -2.07. The highest BCUT2D eigenvalue weighted by Gasteiger charge is 2.29. The number of nitrogens with zero attached hydrogens (tertiary/aromatic N) is 2. The zero-order valence-electron chi connectivity index (χ0n) is 11.4. The minimum absolute atomic E-state index is 0.123. The fraction of sp³-hybridized carbons (Fsp3) is 0.250. The molecule has 1 aromatic heterocycles. The third kappa shape index (κ3) is 2.17. The van der Waals surface area contributed by atoms with Crippen molar-refractivity contribution >= 4 is 26.7 Å². The Hall–Kier alpha value is -2.30. The van der Waals surface area contributed by atoms with Gasteiger partial charge in [-0.25, -0.2) is 0 Å². The van der Waals surface area contributed by atoms with Gasteiger partial charge in [-0.05, 0) is 18.7 Å². The molecular weight excluding hydrogens is 314 g/mol. The Morgan fingerprint density at radius 2 is 1.95 bits per heavy atom. The van der Waals surface area contributed by atoms with Gasteiger partial charge in [0, 0.05) is 30.1 Å². The number of hydrogen-bond donors (Lipinski definition) is 2. The first-order valence-corrected chi connectivity index (χ1v) is 7.64. The van der Waals surface area contributed by atoms with Crippen LogP contribution in [0.2, 0.25) is 0 Å². The summed E-state index contributed by atoms with van der Waals surface area (Å²) in [6.07, 6.45) is 0. The summed E-state index contributed by atoms with van der Waals surface area (Å²) in [5, 5.41) is 11.6. The first-order valence-electron chi connectivity index (χ1n) is 6.20. The molecule has 0 amide bonds. The second kappa shape index (κ2) is 4.60. The number of rotatable bonds is 2. The average Bonchev–Trinajstić information content (AvgIpc) is 2.76. The van der Waals surface area contributed by atoms with E-state index in [1.807, 2.05) is 4.90 Å². The predicted molar refractivity (Wildman–Crippen MR) is 76.2 cm³/mol. The summed E-state index contributed by atoms with van der Waals surface area (Å²) in [5.41, 5.74) is 0.0806. The van der Waals surface area contributed by atoms with Gasteiger partial charge in [0.1, 0.15) is 0 Å². The van der Waals surface area contributed by atoms with Gasteiger partial charge in [0.25, 0.3) is 21.4 Å². The molecule has 0 spiro atoms. The first kappa shape index (κ1) is 14.6. The van der Waals surface area contributed by atoms with Crippen LogP contribution in [-0.4, -0.2) is 34.8 Å². The minimum Gasteiger partial charge on any atom is -0.320 e. The maximum atomic E-state index is 11.8. The number of hydrogen-bond acceptors (Lipinski definition) is 6. The van der Waals surface area contributed by atoms with E-state index in [0.717, 1.165) is 6.07 Å². The minimum atomic E-state index is -4.67. The predicted octanol–water partition coefficient (Wildman–Crippen LogP) is 0.628. The van der Waals surface area contributed by atoms with Crippen LogP contribution in [0.25, 0.3) is 10.9 Å². The zero-order valence-corrected chi connectivity index (χ0v) is 12.2. The van der Waals surface area contributed by atoms with Crippen molar-refractivity contribution in [1.29, 1.82) is 0 Å². The fourth-order valence-corrected chi connectivity index (χ4v) is 3.29. The molecule has 0 radical (unpaired) electrons. The van der Waals surface area contributed by atoms with Crippen molar-refractivity contribution in [2.75, 3.05) is 7.05 Å². The van der Waals surface area contributed by atoms with E-state index in [9.17, 15) is 23.3 Å². The van der Waals surface area contributed by atoms with Crippen LogP contribution in [0.3, 0.4) is 0 Å². The number of H-pyrrole nitrogens is 1. The van der Waals surface area contributed by atoms with Crippen molar-refractivity contribution in [3.05, 3.63) is 43.7 Å². The molecule has 1 aromatic carbocycles. The van der Waals surface area contributed by atoms with Crippen LogP contribution in [0.4, 0.5) is 5.69 Å². The molecule has 0 saturated carbocycles. The maximum absolute atomic E-state index is 11.8. The normalized spacial score (nSPS) is 15.2. The van der Waals surface area contributed by atoms with Crippen molar-refractivity contribution in [3.8, 4) is 0 Å². The number of nitro benzene ring substituents is 1. The van der Waals surface area contributed by atoms with Crippen LogP contribution < -0.4 is 5.56 Å². The quantitative estimate of drug-likeness (QED) is 0.470.